The van der Waals surface area contributed by atoms with Crippen molar-refractivity contribution in [3.8, 4) is 5.75 Å². The maximum Gasteiger partial charge on any atom is 0.254 e. The maximum absolute atomic E-state index is 15.1. The third-order valence-electron chi connectivity index (χ3n) is 5.11. The summed E-state index contributed by atoms with van der Waals surface area (Å²) >= 11 is 0. The number of amidine groups is 1. The quantitative estimate of drug-likeness (QED) is 0.353. The summed E-state index contributed by atoms with van der Waals surface area (Å²) in [5.41, 5.74) is 6.21. The first-order valence-electron chi connectivity index (χ1n) is 10.5. The molecule has 4 N–H and O–H groups in total. The number of hydrogen-bond acceptors (Lipinski definition) is 5. The van der Waals surface area contributed by atoms with E-state index in [0.717, 1.165) is 24.5 Å². The zero-order valence-corrected chi connectivity index (χ0v) is 19.1. The Kier molecular flexibility index (Phi) is 10.0. The summed E-state index contributed by atoms with van der Waals surface area (Å²) in [6.45, 7) is 2.59. The number of benzene rings is 2. The number of carbonyl (C=O) groups is 1. The molecule has 2 atom stereocenters. The molecule has 0 radical (unpaired) electrons. The van der Waals surface area contributed by atoms with Gasteiger partial charge in [0.05, 0.1) is 11.7 Å². The highest BCUT2D eigenvalue weighted by molar-refractivity contribution is 5.94. The molecule has 2 unspecified atom stereocenters. The van der Waals surface area contributed by atoms with Crippen LogP contribution in [0.3, 0.4) is 0 Å². The standard InChI is InChI=1S/C23H27F2N3O4.ClH/c1-2-30-21(23(29)28-12-14-5-7-15(8-6-14)22(26)27)19-17(24)9-10-18(20(19)25)32-13-16-4-3-11-31-16;/h5-10,16,21H,2-4,11-13H2,1H3,(H3,26,27)(H,28,29);1H. The lowest BCUT2D eigenvalue weighted by molar-refractivity contribution is -0.133. The first kappa shape index (κ1) is 26.5. The summed E-state index contributed by atoms with van der Waals surface area (Å²) in [6, 6.07) is 8.96. The van der Waals surface area contributed by atoms with Gasteiger partial charge in [0.1, 0.15) is 18.3 Å². The van der Waals surface area contributed by atoms with Crippen LogP contribution in [0.1, 0.15) is 42.6 Å². The number of nitrogens with two attached hydrogens (primary N) is 1. The van der Waals surface area contributed by atoms with Gasteiger partial charge in [-0.15, -0.1) is 12.4 Å². The maximum atomic E-state index is 15.1. The van der Waals surface area contributed by atoms with Crippen molar-refractivity contribution in [1.29, 1.82) is 5.41 Å². The first-order chi connectivity index (χ1) is 15.4. The fourth-order valence-corrected chi connectivity index (χ4v) is 3.40. The Bertz CT molecular complexity index is 953. The van der Waals surface area contributed by atoms with E-state index in [9.17, 15) is 9.18 Å². The zero-order valence-electron chi connectivity index (χ0n) is 18.2. The number of amides is 1. The van der Waals surface area contributed by atoms with E-state index in [1.165, 1.54) is 6.07 Å². The minimum atomic E-state index is -1.48. The Morgan fingerprint density at radius 2 is 2.00 bits per heavy atom. The molecule has 33 heavy (non-hydrogen) atoms. The largest absolute Gasteiger partial charge is 0.488 e. The molecule has 0 aromatic heterocycles. The zero-order chi connectivity index (χ0) is 23.1. The highest BCUT2D eigenvalue weighted by atomic mass is 35.5. The molecule has 1 fully saturated rings. The van der Waals surface area contributed by atoms with Crippen molar-refractivity contribution >= 4 is 24.1 Å². The normalized spacial score (nSPS) is 16.0. The van der Waals surface area contributed by atoms with Gasteiger partial charge < -0.3 is 25.3 Å². The van der Waals surface area contributed by atoms with Gasteiger partial charge in [0, 0.05) is 25.3 Å². The van der Waals surface area contributed by atoms with Crippen LogP contribution in [0.25, 0.3) is 0 Å². The van der Waals surface area contributed by atoms with Gasteiger partial charge in [-0.25, -0.2) is 8.78 Å². The van der Waals surface area contributed by atoms with Crippen molar-refractivity contribution in [1.82, 2.24) is 5.32 Å². The van der Waals surface area contributed by atoms with Gasteiger partial charge in [0.2, 0.25) is 0 Å². The summed E-state index contributed by atoms with van der Waals surface area (Å²) in [5.74, 6) is -2.77. The number of halogens is 3. The van der Waals surface area contributed by atoms with E-state index in [1.54, 1.807) is 31.2 Å². The van der Waals surface area contributed by atoms with Crippen LogP contribution in [0.15, 0.2) is 36.4 Å². The summed E-state index contributed by atoms with van der Waals surface area (Å²) in [7, 11) is 0. The fourth-order valence-electron chi connectivity index (χ4n) is 3.40. The summed E-state index contributed by atoms with van der Waals surface area (Å²) < 4.78 is 46.1. The fraction of sp³-hybridized carbons (Fsp3) is 0.391. The Morgan fingerprint density at radius 3 is 2.61 bits per heavy atom. The lowest BCUT2D eigenvalue weighted by Gasteiger charge is -2.20. The Labute approximate surface area is 197 Å². The summed E-state index contributed by atoms with van der Waals surface area (Å²) in [4.78, 5) is 12.8. The number of nitrogens with one attached hydrogen (secondary N) is 2. The molecule has 1 aliphatic heterocycles. The van der Waals surface area contributed by atoms with Gasteiger partial charge in [-0.05, 0) is 37.5 Å². The molecule has 180 valence electrons. The molecule has 3 rings (SSSR count). The van der Waals surface area contributed by atoms with Gasteiger partial charge in [0.15, 0.2) is 17.7 Å². The number of rotatable bonds is 10. The second-order valence-corrected chi connectivity index (χ2v) is 7.38. The van der Waals surface area contributed by atoms with Crippen molar-refractivity contribution in [2.45, 2.75) is 38.5 Å². The molecule has 0 spiro atoms. The van der Waals surface area contributed by atoms with E-state index in [1.807, 2.05) is 0 Å². The second kappa shape index (κ2) is 12.5. The Morgan fingerprint density at radius 1 is 1.27 bits per heavy atom. The third-order valence-corrected chi connectivity index (χ3v) is 5.11. The number of carbonyl (C=O) groups excluding carboxylic acids is 1. The average Bonchev–Trinajstić information content (AvgIpc) is 3.30. The summed E-state index contributed by atoms with van der Waals surface area (Å²) in [5, 5.41) is 10.1. The number of ether oxygens (including phenoxy) is 3. The molecule has 2 aromatic rings. The van der Waals surface area contributed by atoms with Crippen molar-refractivity contribution in [3.05, 3.63) is 64.7 Å². The molecule has 1 saturated heterocycles. The van der Waals surface area contributed by atoms with Crippen molar-refractivity contribution in [2.24, 2.45) is 5.73 Å². The Hall–Kier alpha value is -2.75. The first-order valence-corrected chi connectivity index (χ1v) is 10.5. The van der Waals surface area contributed by atoms with Crippen LogP contribution in [0.2, 0.25) is 0 Å². The smallest absolute Gasteiger partial charge is 0.254 e. The van der Waals surface area contributed by atoms with Crippen LogP contribution < -0.4 is 15.8 Å². The lowest BCUT2D eigenvalue weighted by Crippen LogP contribution is -2.32. The predicted octanol–water partition coefficient (Wildman–Crippen LogP) is 3.62. The molecule has 7 nitrogen and oxygen atoms in total. The molecule has 1 amide bonds. The van der Waals surface area contributed by atoms with E-state index in [4.69, 9.17) is 25.4 Å². The molecule has 0 aliphatic carbocycles. The lowest BCUT2D eigenvalue weighted by atomic mass is 10.1. The SMILES string of the molecule is CCOC(C(=O)NCc1ccc(C(=N)N)cc1)c1c(F)ccc(OCC2CCCO2)c1F.Cl. The molecule has 1 heterocycles. The van der Waals surface area contributed by atoms with Gasteiger partial charge in [0.25, 0.3) is 5.91 Å². The molecular weight excluding hydrogens is 456 g/mol. The molecule has 2 aromatic carbocycles. The van der Waals surface area contributed by atoms with Crippen molar-refractivity contribution in [3.63, 3.8) is 0 Å². The highest BCUT2D eigenvalue weighted by Crippen LogP contribution is 2.31. The van der Waals surface area contributed by atoms with Gasteiger partial charge >= 0.3 is 0 Å². The molecule has 0 bridgehead atoms. The topological polar surface area (TPSA) is 107 Å². The average molecular weight is 484 g/mol. The van der Waals surface area contributed by atoms with Gasteiger partial charge in [-0.2, -0.15) is 0 Å². The van der Waals surface area contributed by atoms with E-state index < -0.39 is 29.2 Å². The number of nitrogen functional groups attached to an aromatic ring is 1. The van der Waals surface area contributed by atoms with E-state index in [-0.39, 0.29) is 49.9 Å². The van der Waals surface area contributed by atoms with Crippen LogP contribution in [0.5, 0.6) is 5.75 Å². The van der Waals surface area contributed by atoms with Crippen LogP contribution in [0.4, 0.5) is 8.78 Å². The second-order valence-electron chi connectivity index (χ2n) is 7.38. The summed E-state index contributed by atoms with van der Waals surface area (Å²) in [6.07, 6.45) is 0.105. The van der Waals surface area contributed by atoms with Crippen LogP contribution in [-0.2, 0) is 20.8 Å². The Balaban J connectivity index is 0.00000385. The van der Waals surface area contributed by atoms with Crippen LogP contribution >= 0.6 is 12.4 Å². The monoisotopic (exact) mass is 483 g/mol. The third kappa shape index (κ3) is 6.86. The molecular formula is C23H28ClF2N3O4. The van der Waals surface area contributed by atoms with E-state index in [2.05, 4.69) is 5.32 Å². The molecule has 0 saturated carbocycles. The van der Waals surface area contributed by atoms with Gasteiger partial charge in [-0.1, -0.05) is 24.3 Å². The minimum absolute atomic E-state index is 0. The van der Waals surface area contributed by atoms with Crippen molar-refractivity contribution < 1.29 is 27.8 Å². The molecule has 10 heteroatoms. The highest BCUT2D eigenvalue weighted by Gasteiger charge is 2.30. The van der Waals surface area contributed by atoms with Crippen LogP contribution in [-0.4, -0.2) is 37.7 Å². The minimum Gasteiger partial charge on any atom is -0.488 e. The molecule has 1 aliphatic rings. The number of hydrogen-bond donors (Lipinski definition) is 3. The van der Waals surface area contributed by atoms with Crippen molar-refractivity contribution in [2.75, 3.05) is 19.8 Å². The van der Waals surface area contributed by atoms with Gasteiger partial charge in [-0.3, -0.25) is 10.2 Å². The van der Waals surface area contributed by atoms with E-state index in [0.29, 0.717) is 12.2 Å². The predicted molar refractivity (Wildman–Crippen MR) is 122 cm³/mol. The van der Waals surface area contributed by atoms with E-state index >= 15 is 4.39 Å². The van der Waals surface area contributed by atoms with Crippen LogP contribution in [0, 0.1) is 17.0 Å².